The van der Waals surface area contributed by atoms with E-state index in [1.165, 1.54) is 0 Å². The van der Waals surface area contributed by atoms with Crippen LogP contribution in [0.4, 0.5) is 0 Å². The molecule has 2 atom stereocenters. The molecule has 0 saturated carbocycles. The summed E-state index contributed by atoms with van der Waals surface area (Å²) in [6.45, 7) is 3.40. The number of hydrogen-bond donors (Lipinski definition) is 1. The number of thiophene rings is 1. The molecule has 0 saturated heterocycles. The van der Waals surface area contributed by atoms with Crippen molar-refractivity contribution in [2.45, 2.75) is 6.92 Å². The lowest BCUT2D eigenvalue weighted by Gasteiger charge is -2.43. The third-order valence-electron chi connectivity index (χ3n) is 4.86. The van der Waals surface area contributed by atoms with Crippen molar-refractivity contribution in [3.05, 3.63) is 39.2 Å². The van der Waals surface area contributed by atoms with Crippen molar-refractivity contribution in [1.82, 2.24) is 4.90 Å². The van der Waals surface area contributed by atoms with Crippen LogP contribution in [0.2, 0.25) is 0 Å². The quantitative estimate of drug-likeness (QED) is 0.849. The largest absolute Gasteiger partial charge is 0.399 e. The maximum Gasteiger partial charge on any atom is 0.199 e. The smallest absolute Gasteiger partial charge is 0.199 e. The molecule has 1 aromatic rings. The van der Waals surface area contributed by atoms with Crippen LogP contribution in [0, 0.1) is 58.2 Å². The van der Waals surface area contributed by atoms with Crippen molar-refractivity contribution in [3.8, 4) is 18.2 Å². The van der Waals surface area contributed by atoms with Gasteiger partial charge in [0.2, 0.25) is 0 Å². The molecule has 1 aromatic heterocycles. The summed E-state index contributed by atoms with van der Waals surface area (Å²) >= 11 is 1.59. The SMILES string of the molecule is Cc1ccc(C2=C(N)C(C#N)(C#N)C(C#N)C3CN(C)CC=C23)s1. The molecule has 5 nitrogen and oxygen atoms in total. The van der Waals surface area contributed by atoms with E-state index in [-0.39, 0.29) is 11.6 Å². The van der Waals surface area contributed by atoms with E-state index in [9.17, 15) is 15.8 Å². The first-order valence-corrected chi connectivity index (χ1v) is 8.48. The normalized spacial score (nSPS) is 25.9. The highest BCUT2D eigenvalue weighted by Crippen LogP contribution is 2.52. The molecular weight excluding hydrogens is 318 g/mol. The zero-order valence-electron chi connectivity index (χ0n) is 13.6. The van der Waals surface area contributed by atoms with Gasteiger partial charge in [-0.15, -0.1) is 11.3 Å². The van der Waals surface area contributed by atoms with Crippen LogP contribution >= 0.6 is 11.3 Å². The molecule has 0 radical (unpaired) electrons. The maximum atomic E-state index is 9.77. The second-order valence-corrected chi connectivity index (χ2v) is 7.61. The number of nitrogens with zero attached hydrogens (tertiary/aromatic N) is 4. The standard InChI is InChI=1S/C18H17N5S/c1-11-3-4-15(24-11)16-12-5-6-23(2)8-13(12)14(7-19)18(9-20,10-21)17(16)22/h3-5,13-14H,6,8,22H2,1-2H3. The summed E-state index contributed by atoms with van der Waals surface area (Å²) < 4.78 is 0. The second kappa shape index (κ2) is 5.80. The molecule has 0 bridgehead atoms. The van der Waals surface area contributed by atoms with Crippen molar-refractivity contribution in [3.63, 3.8) is 0 Å². The van der Waals surface area contributed by atoms with Crippen LogP contribution < -0.4 is 5.73 Å². The zero-order chi connectivity index (χ0) is 17.5. The molecule has 1 aliphatic carbocycles. The number of nitriles is 3. The van der Waals surface area contributed by atoms with Crippen LogP contribution in [0.25, 0.3) is 5.57 Å². The Balaban J connectivity index is 2.34. The fourth-order valence-electron chi connectivity index (χ4n) is 3.62. The number of allylic oxidation sites excluding steroid dienone is 2. The Morgan fingerprint density at radius 2 is 2.00 bits per heavy atom. The van der Waals surface area contributed by atoms with Gasteiger partial charge in [0.25, 0.3) is 0 Å². The summed E-state index contributed by atoms with van der Waals surface area (Å²) in [6.07, 6.45) is 2.08. The highest BCUT2D eigenvalue weighted by molar-refractivity contribution is 7.13. The molecule has 2 unspecified atom stereocenters. The van der Waals surface area contributed by atoms with E-state index in [1.54, 1.807) is 11.3 Å². The highest BCUT2D eigenvalue weighted by Gasteiger charge is 2.54. The lowest BCUT2D eigenvalue weighted by molar-refractivity contribution is 0.231. The summed E-state index contributed by atoms with van der Waals surface area (Å²) in [6, 6.07) is 10.3. The average molecular weight is 335 g/mol. The topological polar surface area (TPSA) is 101 Å². The van der Waals surface area contributed by atoms with E-state index >= 15 is 0 Å². The van der Waals surface area contributed by atoms with E-state index in [0.717, 1.165) is 27.4 Å². The first-order chi connectivity index (χ1) is 11.5. The number of rotatable bonds is 1. The Morgan fingerprint density at radius 3 is 2.54 bits per heavy atom. The van der Waals surface area contributed by atoms with Gasteiger partial charge in [0.15, 0.2) is 5.41 Å². The third-order valence-corrected chi connectivity index (χ3v) is 5.88. The van der Waals surface area contributed by atoms with E-state index in [1.807, 2.05) is 26.1 Å². The van der Waals surface area contributed by atoms with Gasteiger partial charge in [-0.2, -0.15) is 15.8 Å². The van der Waals surface area contributed by atoms with Gasteiger partial charge in [0.05, 0.1) is 29.8 Å². The first-order valence-electron chi connectivity index (χ1n) is 7.66. The molecule has 6 heteroatoms. The van der Waals surface area contributed by atoms with Crippen LogP contribution in [0.1, 0.15) is 9.75 Å². The van der Waals surface area contributed by atoms with Crippen molar-refractivity contribution >= 4 is 16.9 Å². The number of likely N-dealkylation sites (N-methyl/N-ethyl adjacent to an activating group) is 1. The van der Waals surface area contributed by atoms with Crippen LogP contribution in [-0.4, -0.2) is 25.0 Å². The minimum absolute atomic E-state index is 0.197. The zero-order valence-corrected chi connectivity index (χ0v) is 14.4. The molecule has 1 aliphatic heterocycles. The lowest BCUT2D eigenvalue weighted by atomic mass is 9.60. The number of aryl methyl sites for hydroxylation is 1. The first kappa shape index (κ1) is 16.3. The Morgan fingerprint density at radius 1 is 1.29 bits per heavy atom. The van der Waals surface area contributed by atoms with E-state index in [2.05, 4.69) is 29.2 Å². The molecule has 2 N–H and O–H groups in total. The Labute approximate surface area is 145 Å². The molecule has 24 heavy (non-hydrogen) atoms. The highest BCUT2D eigenvalue weighted by atomic mass is 32.1. The Bertz CT molecular complexity index is 856. The van der Waals surface area contributed by atoms with E-state index in [4.69, 9.17) is 5.73 Å². The molecule has 2 aliphatic rings. The molecule has 120 valence electrons. The van der Waals surface area contributed by atoms with Gasteiger partial charge in [-0.1, -0.05) is 6.08 Å². The maximum absolute atomic E-state index is 9.77. The van der Waals surface area contributed by atoms with Crippen molar-refractivity contribution in [2.24, 2.45) is 23.0 Å². The summed E-state index contributed by atoms with van der Waals surface area (Å²) in [7, 11) is 1.97. The molecule has 2 heterocycles. The van der Waals surface area contributed by atoms with Gasteiger partial charge in [-0.3, -0.25) is 0 Å². The lowest BCUT2D eigenvalue weighted by Crippen LogP contribution is -2.47. The minimum Gasteiger partial charge on any atom is -0.399 e. The van der Waals surface area contributed by atoms with Crippen LogP contribution in [-0.2, 0) is 0 Å². The van der Waals surface area contributed by atoms with Gasteiger partial charge in [0, 0.05) is 34.3 Å². The van der Waals surface area contributed by atoms with E-state index in [0.29, 0.717) is 6.54 Å². The molecule has 0 aromatic carbocycles. The summed E-state index contributed by atoms with van der Waals surface area (Å²) in [5.41, 5.74) is 6.75. The summed E-state index contributed by atoms with van der Waals surface area (Å²) in [5, 5.41) is 29.3. The van der Waals surface area contributed by atoms with Crippen molar-refractivity contribution in [1.29, 1.82) is 15.8 Å². The Hall–Kier alpha value is -2.59. The monoisotopic (exact) mass is 335 g/mol. The molecule has 0 spiro atoms. The summed E-state index contributed by atoms with van der Waals surface area (Å²) in [4.78, 5) is 4.19. The number of hydrogen-bond acceptors (Lipinski definition) is 6. The molecular formula is C18H17N5S. The van der Waals surface area contributed by atoms with Gasteiger partial charge >= 0.3 is 0 Å². The average Bonchev–Trinajstić information content (AvgIpc) is 3.00. The second-order valence-electron chi connectivity index (χ2n) is 6.32. The van der Waals surface area contributed by atoms with E-state index < -0.39 is 11.3 Å². The summed E-state index contributed by atoms with van der Waals surface area (Å²) in [5.74, 6) is -0.968. The van der Waals surface area contributed by atoms with Crippen molar-refractivity contribution < 1.29 is 0 Å². The molecule has 0 amide bonds. The van der Waals surface area contributed by atoms with Gasteiger partial charge in [-0.05, 0) is 31.7 Å². The molecule has 3 rings (SSSR count). The third kappa shape index (κ3) is 2.14. The van der Waals surface area contributed by atoms with Gasteiger partial charge in [-0.25, -0.2) is 0 Å². The van der Waals surface area contributed by atoms with Crippen LogP contribution in [0.5, 0.6) is 0 Å². The van der Waals surface area contributed by atoms with Gasteiger partial charge in [0.1, 0.15) is 0 Å². The van der Waals surface area contributed by atoms with Crippen molar-refractivity contribution in [2.75, 3.05) is 20.1 Å². The molecule has 0 fully saturated rings. The Kier molecular flexibility index (Phi) is 3.93. The van der Waals surface area contributed by atoms with Gasteiger partial charge < -0.3 is 10.6 Å². The minimum atomic E-state index is -1.61. The predicted octanol–water partition coefficient (Wildman–Crippen LogP) is 2.40. The number of nitrogens with two attached hydrogens (primary N) is 1. The number of fused-ring (bicyclic) bond motifs is 1. The van der Waals surface area contributed by atoms with Crippen LogP contribution in [0.3, 0.4) is 0 Å². The fraction of sp³-hybridized carbons (Fsp3) is 0.389. The predicted molar refractivity (Wildman–Crippen MR) is 92.0 cm³/mol. The fourth-order valence-corrected chi connectivity index (χ4v) is 4.57. The van der Waals surface area contributed by atoms with Crippen LogP contribution in [0.15, 0.2) is 29.5 Å².